The van der Waals surface area contributed by atoms with E-state index in [2.05, 4.69) is 5.16 Å². The van der Waals surface area contributed by atoms with Crippen LogP contribution in [0.25, 0.3) is 0 Å². The lowest BCUT2D eigenvalue weighted by Gasteiger charge is -2.34. The van der Waals surface area contributed by atoms with E-state index < -0.39 is 5.92 Å². The number of oxime groups is 1. The van der Waals surface area contributed by atoms with Gasteiger partial charge in [0.2, 0.25) is 11.8 Å². The van der Waals surface area contributed by atoms with Crippen LogP contribution >= 0.6 is 0 Å². The molecular formula is C14H18N4O3. The van der Waals surface area contributed by atoms with Crippen LogP contribution in [0.3, 0.4) is 0 Å². The molecule has 0 spiro atoms. The molecule has 1 aliphatic rings. The van der Waals surface area contributed by atoms with E-state index in [0.29, 0.717) is 18.7 Å². The quantitative estimate of drug-likeness (QED) is 0.349. The highest BCUT2D eigenvalue weighted by molar-refractivity contribution is 6.08. The van der Waals surface area contributed by atoms with E-state index >= 15 is 0 Å². The van der Waals surface area contributed by atoms with Crippen LogP contribution in [0.15, 0.2) is 35.5 Å². The van der Waals surface area contributed by atoms with E-state index in [0.717, 1.165) is 0 Å². The van der Waals surface area contributed by atoms with Gasteiger partial charge in [0.1, 0.15) is 5.92 Å². The zero-order valence-electron chi connectivity index (χ0n) is 11.8. The Morgan fingerprint density at radius 1 is 1.33 bits per heavy atom. The van der Waals surface area contributed by atoms with Crippen molar-refractivity contribution in [1.82, 2.24) is 9.80 Å². The number of likely N-dealkylation sites (N-methyl/N-ethyl adjacent to an activating group) is 1. The first-order chi connectivity index (χ1) is 10.0. The third-order valence-electron chi connectivity index (χ3n) is 3.56. The molecule has 0 bridgehead atoms. The van der Waals surface area contributed by atoms with Gasteiger partial charge in [0, 0.05) is 20.1 Å². The standard InChI is InChI=1S/C14H18N4O3/c1-17-7-8-18(9-11(17)19)14(20)12(13(15)16-21)10-5-3-2-4-6-10/h2-6,12,21H,7-9H2,1H3,(H2,15,16). The summed E-state index contributed by atoms with van der Waals surface area (Å²) < 4.78 is 0. The minimum atomic E-state index is -0.882. The molecule has 0 aromatic heterocycles. The summed E-state index contributed by atoms with van der Waals surface area (Å²) in [5, 5.41) is 11.9. The number of piperazine rings is 1. The molecule has 0 aliphatic carbocycles. The van der Waals surface area contributed by atoms with E-state index in [1.807, 2.05) is 6.07 Å². The third-order valence-corrected chi connectivity index (χ3v) is 3.56. The van der Waals surface area contributed by atoms with Crippen LogP contribution in [0.4, 0.5) is 0 Å². The van der Waals surface area contributed by atoms with Crippen molar-refractivity contribution in [2.45, 2.75) is 5.92 Å². The Morgan fingerprint density at radius 2 is 2.00 bits per heavy atom. The third kappa shape index (κ3) is 3.13. The molecule has 3 N–H and O–H groups in total. The lowest BCUT2D eigenvalue weighted by molar-refractivity contribution is -0.144. The van der Waals surface area contributed by atoms with Gasteiger partial charge in [-0.15, -0.1) is 0 Å². The fourth-order valence-electron chi connectivity index (χ4n) is 2.27. The lowest BCUT2D eigenvalue weighted by atomic mass is 9.96. The van der Waals surface area contributed by atoms with Gasteiger partial charge in [-0.2, -0.15) is 0 Å². The second-order valence-corrected chi connectivity index (χ2v) is 4.94. The molecule has 2 rings (SSSR count). The van der Waals surface area contributed by atoms with Gasteiger partial charge >= 0.3 is 0 Å². The van der Waals surface area contributed by atoms with Crippen LogP contribution in [0.5, 0.6) is 0 Å². The fourth-order valence-corrected chi connectivity index (χ4v) is 2.27. The van der Waals surface area contributed by atoms with Crippen LogP contribution in [-0.4, -0.2) is 59.3 Å². The van der Waals surface area contributed by atoms with Crippen molar-refractivity contribution in [2.75, 3.05) is 26.7 Å². The Kier molecular flexibility index (Phi) is 4.42. The maximum Gasteiger partial charge on any atom is 0.241 e. The fraction of sp³-hybridized carbons (Fsp3) is 0.357. The van der Waals surface area contributed by atoms with Gasteiger partial charge in [0.05, 0.1) is 6.54 Å². The molecule has 7 heteroatoms. The van der Waals surface area contributed by atoms with E-state index in [1.54, 1.807) is 36.2 Å². The zero-order chi connectivity index (χ0) is 15.4. The maximum absolute atomic E-state index is 12.6. The monoisotopic (exact) mass is 290 g/mol. The SMILES string of the molecule is CN1CCN(C(=O)C(C(N)=NO)c2ccccc2)CC1=O. The average Bonchev–Trinajstić information content (AvgIpc) is 2.51. The summed E-state index contributed by atoms with van der Waals surface area (Å²) >= 11 is 0. The first-order valence-electron chi connectivity index (χ1n) is 6.59. The molecule has 112 valence electrons. The van der Waals surface area contributed by atoms with E-state index in [1.165, 1.54) is 4.90 Å². The molecular weight excluding hydrogens is 272 g/mol. The number of benzene rings is 1. The second kappa shape index (κ2) is 6.25. The van der Waals surface area contributed by atoms with E-state index in [9.17, 15) is 9.59 Å². The van der Waals surface area contributed by atoms with Crippen LogP contribution in [0.2, 0.25) is 0 Å². The topological polar surface area (TPSA) is 99.2 Å². The van der Waals surface area contributed by atoms with Crippen molar-refractivity contribution in [1.29, 1.82) is 0 Å². The summed E-state index contributed by atoms with van der Waals surface area (Å²) in [4.78, 5) is 27.4. The molecule has 1 heterocycles. The number of rotatable bonds is 3. The van der Waals surface area contributed by atoms with Crippen LogP contribution < -0.4 is 5.73 Å². The Morgan fingerprint density at radius 3 is 2.57 bits per heavy atom. The molecule has 1 aromatic carbocycles. The highest BCUT2D eigenvalue weighted by atomic mass is 16.4. The van der Waals surface area contributed by atoms with Gasteiger partial charge in [0.25, 0.3) is 0 Å². The summed E-state index contributed by atoms with van der Waals surface area (Å²) in [7, 11) is 1.70. The van der Waals surface area contributed by atoms with Gasteiger partial charge in [-0.3, -0.25) is 9.59 Å². The molecule has 1 saturated heterocycles. The predicted octanol–water partition coefficient (Wildman–Crippen LogP) is -0.183. The second-order valence-electron chi connectivity index (χ2n) is 4.94. The Labute approximate surface area is 122 Å². The number of nitrogens with zero attached hydrogens (tertiary/aromatic N) is 3. The molecule has 1 aliphatic heterocycles. The lowest BCUT2D eigenvalue weighted by Crippen LogP contribution is -2.53. The Bertz CT molecular complexity index is 559. The smallest absolute Gasteiger partial charge is 0.241 e. The van der Waals surface area contributed by atoms with Crippen molar-refractivity contribution >= 4 is 17.6 Å². The van der Waals surface area contributed by atoms with Crippen molar-refractivity contribution in [2.24, 2.45) is 10.9 Å². The highest BCUT2D eigenvalue weighted by Gasteiger charge is 2.33. The molecule has 2 amide bonds. The van der Waals surface area contributed by atoms with Crippen molar-refractivity contribution in [3.8, 4) is 0 Å². The summed E-state index contributed by atoms with van der Waals surface area (Å²) in [6.45, 7) is 0.919. The number of hydrogen-bond donors (Lipinski definition) is 2. The van der Waals surface area contributed by atoms with Crippen LogP contribution in [-0.2, 0) is 9.59 Å². The van der Waals surface area contributed by atoms with Crippen LogP contribution in [0, 0.1) is 0 Å². The van der Waals surface area contributed by atoms with Crippen LogP contribution in [0.1, 0.15) is 11.5 Å². The van der Waals surface area contributed by atoms with E-state index in [4.69, 9.17) is 10.9 Å². The molecule has 7 nitrogen and oxygen atoms in total. The largest absolute Gasteiger partial charge is 0.409 e. The first-order valence-corrected chi connectivity index (χ1v) is 6.59. The molecule has 1 unspecified atom stereocenters. The van der Waals surface area contributed by atoms with Gasteiger partial charge < -0.3 is 20.7 Å². The van der Waals surface area contributed by atoms with E-state index in [-0.39, 0.29) is 24.2 Å². The number of nitrogens with two attached hydrogens (primary N) is 1. The van der Waals surface area contributed by atoms with Crippen molar-refractivity contribution in [3.05, 3.63) is 35.9 Å². The number of amides is 2. The first kappa shape index (κ1) is 14.8. The Balaban J connectivity index is 2.26. The zero-order valence-corrected chi connectivity index (χ0v) is 11.8. The Hall–Kier alpha value is -2.57. The predicted molar refractivity (Wildman–Crippen MR) is 76.8 cm³/mol. The molecule has 21 heavy (non-hydrogen) atoms. The molecule has 1 fully saturated rings. The minimum absolute atomic E-state index is 0.0113. The molecule has 1 aromatic rings. The molecule has 0 saturated carbocycles. The highest BCUT2D eigenvalue weighted by Crippen LogP contribution is 2.20. The number of hydrogen-bond acceptors (Lipinski definition) is 4. The van der Waals surface area contributed by atoms with Crippen molar-refractivity contribution in [3.63, 3.8) is 0 Å². The van der Waals surface area contributed by atoms with Gasteiger partial charge in [-0.05, 0) is 5.56 Å². The molecule has 1 atom stereocenters. The number of amidine groups is 1. The minimum Gasteiger partial charge on any atom is -0.409 e. The average molecular weight is 290 g/mol. The number of carbonyl (C=O) groups is 2. The summed E-state index contributed by atoms with van der Waals surface area (Å²) in [6, 6.07) is 8.83. The maximum atomic E-state index is 12.6. The summed E-state index contributed by atoms with van der Waals surface area (Å²) in [5.41, 5.74) is 6.30. The van der Waals surface area contributed by atoms with Gasteiger partial charge in [-0.1, -0.05) is 35.5 Å². The number of carbonyl (C=O) groups excluding carboxylic acids is 2. The van der Waals surface area contributed by atoms with Gasteiger partial charge in [0.15, 0.2) is 5.84 Å². The summed E-state index contributed by atoms with van der Waals surface area (Å²) in [6.07, 6.45) is 0. The normalized spacial score (nSPS) is 17.8. The van der Waals surface area contributed by atoms with Gasteiger partial charge in [-0.25, -0.2) is 0 Å². The van der Waals surface area contributed by atoms with Crippen molar-refractivity contribution < 1.29 is 14.8 Å². The molecule has 0 radical (unpaired) electrons. The summed E-state index contributed by atoms with van der Waals surface area (Å²) in [5.74, 6) is -1.52.